The normalized spacial score (nSPS) is 10.7. The lowest BCUT2D eigenvalue weighted by Gasteiger charge is -2.08. The van der Waals surface area contributed by atoms with Crippen LogP contribution in [-0.4, -0.2) is 15.7 Å². The van der Waals surface area contributed by atoms with Crippen molar-refractivity contribution in [1.29, 1.82) is 0 Å². The van der Waals surface area contributed by atoms with Crippen molar-refractivity contribution in [2.24, 2.45) is 0 Å². The molecule has 1 heterocycles. The van der Waals surface area contributed by atoms with Gasteiger partial charge in [0.15, 0.2) is 0 Å². The molecule has 0 aliphatic rings. The molecule has 0 spiro atoms. The van der Waals surface area contributed by atoms with Crippen molar-refractivity contribution in [2.75, 3.05) is 0 Å². The molecule has 0 fully saturated rings. The fraction of sp³-hybridized carbons (Fsp3) is 0.158. The molecule has 2 aromatic carbocycles. The molecule has 0 aliphatic heterocycles. The molecule has 6 heteroatoms. The van der Waals surface area contributed by atoms with Gasteiger partial charge in [0, 0.05) is 6.54 Å². The van der Waals surface area contributed by atoms with Crippen LogP contribution in [0.3, 0.4) is 0 Å². The highest BCUT2D eigenvalue weighted by atomic mass is 19.1. The zero-order chi connectivity index (χ0) is 18.0. The van der Waals surface area contributed by atoms with Crippen LogP contribution in [0, 0.1) is 25.5 Å². The summed E-state index contributed by atoms with van der Waals surface area (Å²) in [5, 5.41) is 6.83. The van der Waals surface area contributed by atoms with Crippen LogP contribution in [0.2, 0.25) is 0 Å². The third-order valence-electron chi connectivity index (χ3n) is 4.02. The lowest BCUT2D eigenvalue weighted by molar-refractivity contribution is 0.0950. The molecule has 4 nitrogen and oxygen atoms in total. The van der Waals surface area contributed by atoms with Crippen molar-refractivity contribution in [1.82, 2.24) is 15.1 Å². The van der Waals surface area contributed by atoms with E-state index >= 15 is 0 Å². The number of carbonyl (C=O) groups excluding carboxylic acids is 1. The topological polar surface area (TPSA) is 46.9 Å². The molecular formula is C19H17F2N3O. The number of halogens is 2. The van der Waals surface area contributed by atoms with Crippen molar-refractivity contribution in [3.63, 3.8) is 0 Å². The minimum atomic E-state index is -0.421. The Bertz CT molecular complexity index is 934. The van der Waals surface area contributed by atoms with E-state index in [9.17, 15) is 13.6 Å². The summed E-state index contributed by atoms with van der Waals surface area (Å²) in [5.74, 6) is -1.08. The van der Waals surface area contributed by atoms with Gasteiger partial charge in [-0.1, -0.05) is 24.3 Å². The molecule has 25 heavy (non-hydrogen) atoms. The van der Waals surface area contributed by atoms with E-state index in [4.69, 9.17) is 0 Å². The maximum Gasteiger partial charge on any atom is 0.255 e. The number of hydrogen-bond donors (Lipinski definition) is 1. The van der Waals surface area contributed by atoms with Gasteiger partial charge in [-0.05, 0) is 43.2 Å². The summed E-state index contributed by atoms with van der Waals surface area (Å²) in [5.41, 5.74) is 2.36. The van der Waals surface area contributed by atoms with Gasteiger partial charge in [-0.25, -0.2) is 13.5 Å². The number of carbonyl (C=O) groups is 1. The van der Waals surface area contributed by atoms with Gasteiger partial charge >= 0.3 is 0 Å². The third kappa shape index (κ3) is 3.42. The van der Waals surface area contributed by atoms with Crippen molar-refractivity contribution in [3.05, 3.63) is 82.7 Å². The summed E-state index contributed by atoms with van der Waals surface area (Å²) in [6.45, 7) is 3.57. The summed E-state index contributed by atoms with van der Waals surface area (Å²) in [6.07, 6.45) is 1.40. The van der Waals surface area contributed by atoms with Gasteiger partial charge in [-0.3, -0.25) is 4.79 Å². The Morgan fingerprint density at radius 2 is 1.88 bits per heavy atom. The van der Waals surface area contributed by atoms with Crippen LogP contribution in [0.1, 0.15) is 27.2 Å². The van der Waals surface area contributed by atoms with E-state index in [1.807, 2.05) is 0 Å². The number of nitrogens with zero attached hydrogens (tertiary/aromatic N) is 2. The number of para-hydroxylation sites is 1. The molecule has 1 amide bonds. The van der Waals surface area contributed by atoms with Crippen LogP contribution in [0.5, 0.6) is 0 Å². The number of aromatic nitrogens is 2. The van der Waals surface area contributed by atoms with Gasteiger partial charge < -0.3 is 5.32 Å². The van der Waals surface area contributed by atoms with E-state index < -0.39 is 5.82 Å². The van der Waals surface area contributed by atoms with Gasteiger partial charge in [0.2, 0.25) is 0 Å². The van der Waals surface area contributed by atoms with Gasteiger partial charge in [0.1, 0.15) is 17.3 Å². The highest BCUT2D eigenvalue weighted by Crippen LogP contribution is 2.17. The molecule has 3 rings (SSSR count). The molecule has 0 unspecified atom stereocenters. The van der Waals surface area contributed by atoms with Gasteiger partial charge in [-0.15, -0.1) is 0 Å². The standard InChI is InChI=1S/C19H17F2N3O/c1-12-7-8-14(9-17(12)21)10-22-19(25)15-11-23-24(13(15)2)18-6-4-3-5-16(18)20/h3-9,11H,10H2,1-2H3,(H,22,25). The highest BCUT2D eigenvalue weighted by Gasteiger charge is 2.16. The van der Waals surface area contributed by atoms with Gasteiger partial charge in [0.25, 0.3) is 5.91 Å². The monoisotopic (exact) mass is 341 g/mol. The van der Waals surface area contributed by atoms with E-state index in [0.29, 0.717) is 22.4 Å². The molecule has 128 valence electrons. The van der Waals surface area contributed by atoms with Crippen LogP contribution in [0.25, 0.3) is 5.69 Å². The quantitative estimate of drug-likeness (QED) is 0.787. The predicted molar refractivity (Wildman–Crippen MR) is 90.6 cm³/mol. The van der Waals surface area contributed by atoms with Gasteiger partial charge in [0.05, 0.1) is 17.5 Å². The Hall–Kier alpha value is -3.02. The number of aryl methyl sites for hydroxylation is 1. The summed E-state index contributed by atoms with van der Waals surface area (Å²) in [6, 6.07) is 11.0. The van der Waals surface area contributed by atoms with E-state index in [1.54, 1.807) is 44.2 Å². The Morgan fingerprint density at radius 3 is 2.60 bits per heavy atom. The maximum atomic E-state index is 13.9. The lowest BCUT2D eigenvalue weighted by Crippen LogP contribution is -2.23. The molecular weight excluding hydrogens is 324 g/mol. The molecule has 1 aromatic heterocycles. The fourth-order valence-corrected chi connectivity index (χ4v) is 2.52. The molecule has 0 saturated carbocycles. The Balaban J connectivity index is 1.77. The van der Waals surface area contributed by atoms with E-state index in [2.05, 4.69) is 10.4 Å². The van der Waals surface area contributed by atoms with Crippen molar-refractivity contribution in [3.8, 4) is 5.69 Å². The molecule has 0 atom stereocenters. The molecule has 0 radical (unpaired) electrons. The Kier molecular flexibility index (Phi) is 4.61. The van der Waals surface area contributed by atoms with Crippen molar-refractivity contribution < 1.29 is 13.6 Å². The zero-order valence-corrected chi connectivity index (χ0v) is 13.9. The van der Waals surface area contributed by atoms with Crippen LogP contribution >= 0.6 is 0 Å². The SMILES string of the molecule is Cc1ccc(CNC(=O)c2cnn(-c3ccccc3F)c2C)cc1F. The number of nitrogens with one attached hydrogen (secondary N) is 1. The first-order chi connectivity index (χ1) is 12.0. The summed E-state index contributed by atoms with van der Waals surface area (Å²) < 4.78 is 28.9. The summed E-state index contributed by atoms with van der Waals surface area (Å²) in [7, 11) is 0. The second kappa shape index (κ2) is 6.84. The number of amides is 1. The van der Waals surface area contributed by atoms with Crippen molar-refractivity contribution in [2.45, 2.75) is 20.4 Å². The van der Waals surface area contributed by atoms with E-state index in [1.165, 1.54) is 23.0 Å². The van der Waals surface area contributed by atoms with Crippen LogP contribution in [-0.2, 0) is 6.54 Å². The Labute approximate surface area is 144 Å². The summed E-state index contributed by atoms with van der Waals surface area (Å²) in [4.78, 5) is 12.4. The first-order valence-electron chi connectivity index (χ1n) is 7.80. The van der Waals surface area contributed by atoms with Crippen LogP contribution in [0.15, 0.2) is 48.7 Å². The second-order valence-electron chi connectivity index (χ2n) is 5.77. The van der Waals surface area contributed by atoms with E-state index in [0.717, 1.165) is 0 Å². The Morgan fingerprint density at radius 1 is 1.12 bits per heavy atom. The first kappa shape index (κ1) is 16.8. The van der Waals surface area contributed by atoms with E-state index in [-0.39, 0.29) is 24.0 Å². The lowest BCUT2D eigenvalue weighted by atomic mass is 10.1. The zero-order valence-electron chi connectivity index (χ0n) is 13.9. The minimum absolute atomic E-state index is 0.195. The number of hydrogen-bond acceptors (Lipinski definition) is 2. The molecule has 3 aromatic rings. The van der Waals surface area contributed by atoms with Crippen LogP contribution < -0.4 is 5.32 Å². The minimum Gasteiger partial charge on any atom is -0.348 e. The predicted octanol–water partition coefficient (Wildman–Crippen LogP) is 3.70. The molecule has 0 saturated heterocycles. The number of benzene rings is 2. The van der Waals surface area contributed by atoms with Crippen molar-refractivity contribution >= 4 is 5.91 Å². The summed E-state index contributed by atoms with van der Waals surface area (Å²) >= 11 is 0. The third-order valence-corrected chi connectivity index (χ3v) is 4.02. The smallest absolute Gasteiger partial charge is 0.255 e. The average molecular weight is 341 g/mol. The van der Waals surface area contributed by atoms with Crippen LogP contribution in [0.4, 0.5) is 8.78 Å². The first-order valence-corrected chi connectivity index (χ1v) is 7.80. The number of rotatable bonds is 4. The van der Waals surface area contributed by atoms with Gasteiger partial charge in [-0.2, -0.15) is 5.10 Å². The molecule has 1 N–H and O–H groups in total. The maximum absolute atomic E-state index is 13.9. The fourth-order valence-electron chi connectivity index (χ4n) is 2.52. The second-order valence-corrected chi connectivity index (χ2v) is 5.77. The largest absolute Gasteiger partial charge is 0.348 e. The molecule has 0 bridgehead atoms. The highest BCUT2D eigenvalue weighted by molar-refractivity contribution is 5.95. The average Bonchev–Trinajstić information content (AvgIpc) is 2.97. The molecule has 0 aliphatic carbocycles.